The van der Waals surface area contributed by atoms with Crippen LogP contribution >= 0.6 is 23.2 Å². The maximum Gasteiger partial charge on any atom is 0.283 e. The second kappa shape index (κ2) is 14.2. The quantitative estimate of drug-likeness (QED) is 0.0864. The van der Waals surface area contributed by atoms with Crippen LogP contribution in [-0.4, -0.2) is 44.3 Å². The van der Waals surface area contributed by atoms with Crippen molar-refractivity contribution in [3.8, 4) is 5.75 Å². The van der Waals surface area contributed by atoms with Crippen molar-refractivity contribution < 1.29 is 31.7 Å². The molecule has 0 N–H and O–H groups in total. The molecule has 0 aliphatic rings. The number of halogens is 4. The monoisotopic (exact) mass is 677 g/mol. The van der Waals surface area contributed by atoms with Crippen molar-refractivity contribution in [1.82, 2.24) is 4.90 Å². The maximum atomic E-state index is 15.1. The molecular weight excluding hydrogens is 651 g/mol. The lowest BCUT2D eigenvalue weighted by Gasteiger charge is -2.32. The van der Waals surface area contributed by atoms with Crippen LogP contribution in [0.4, 0.5) is 20.2 Å². The van der Waals surface area contributed by atoms with E-state index in [2.05, 4.69) is 0 Å². The molecule has 0 fully saturated rings. The minimum atomic E-state index is -4.45. The smallest absolute Gasteiger partial charge is 0.283 e. The Morgan fingerprint density at radius 3 is 2.33 bits per heavy atom. The first-order valence-electron chi connectivity index (χ1n) is 13.5. The molecule has 1 atom stereocenters. The Balaban J connectivity index is 1.56. The summed E-state index contributed by atoms with van der Waals surface area (Å²) < 4.78 is 64.0. The molecule has 0 aliphatic carbocycles. The number of nitro benzene ring substituents is 1. The number of hydrogen-bond acceptors (Lipinski definition) is 6. The van der Waals surface area contributed by atoms with Crippen LogP contribution < -0.4 is 9.04 Å². The van der Waals surface area contributed by atoms with Gasteiger partial charge in [-0.15, -0.1) is 0 Å². The van der Waals surface area contributed by atoms with Gasteiger partial charge in [0.15, 0.2) is 0 Å². The topological polar surface area (TPSA) is 110 Å². The summed E-state index contributed by atoms with van der Waals surface area (Å²) in [4.78, 5) is 24.7. The molecule has 0 heterocycles. The van der Waals surface area contributed by atoms with Crippen LogP contribution in [0.5, 0.6) is 5.75 Å². The highest BCUT2D eigenvalue weighted by Crippen LogP contribution is 2.38. The van der Waals surface area contributed by atoms with E-state index >= 15 is 4.39 Å². The second-order valence-corrected chi connectivity index (χ2v) is 12.6. The van der Waals surface area contributed by atoms with E-state index in [9.17, 15) is 27.7 Å². The molecule has 0 bridgehead atoms. The molecule has 1 amide bonds. The van der Waals surface area contributed by atoms with Gasteiger partial charge < -0.3 is 9.64 Å². The van der Waals surface area contributed by atoms with Gasteiger partial charge >= 0.3 is 0 Å². The van der Waals surface area contributed by atoms with Crippen LogP contribution in [-0.2, 0) is 10.0 Å². The Hall–Kier alpha value is -4.26. The summed E-state index contributed by atoms with van der Waals surface area (Å²) >= 11 is 11.8. The molecule has 236 valence electrons. The maximum absolute atomic E-state index is 15.1. The molecule has 0 saturated heterocycles. The van der Waals surface area contributed by atoms with Gasteiger partial charge in [0.25, 0.3) is 21.6 Å². The summed E-state index contributed by atoms with van der Waals surface area (Å²) in [5, 5.41) is 11.8. The number of para-hydroxylation sites is 1. The van der Waals surface area contributed by atoms with E-state index in [1.807, 2.05) is 0 Å². The van der Waals surface area contributed by atoms with Gasteiger partial charge in [-0.2, -0.15) is 0 Å². The van der Waals surface area contributed by atoms with Gasteiger partial charge in [0.1, 0.15) is 22.9 Å². The fourth-order valence-corrected chi connectivity index (χ4v) is 6.56. The van der Waals surface area contributed by atoms with Gasteiger partial charge in [0, 0.05) is 41.3 Å². The third-order valence-electron chi connectivity index (χ3n) is 6.87. The van der Waals surface area contributed by atoms with E-state index in [-0.39, 0.29) is 34.4 Å². The number of ether oxygens (including phenoxy) is 1. The minimum Gasteiger partial charge on any atom is -0.493 e. The van der Waals surface area contributed by atoms with Crippen LogP contribution in [0, 0.1) is 21.7 Å². The first-order valence-corrected chi connectivity index (χ1v) is 15.7. The average Bonchev–Trinajstić information content (AvgIpc) is 3.00. The number of carbonyl (C=O) groups is 1. The van der Waals surface area contributed by atoms with Crippen molar-refractivity contribution in [2.75, 3.05) is 24.5 Å². The number of anilines is 1. The van der Waals surface area contributed by atoms with Gasteiger partial charge in [-0.3, -0.25) is 19.2 Å². The summed E-state index contributed by atoms with van der Waals surface area (Å²) in [5.74, 6) is -2.08. The number of nitrogens with zero attached hydrogens (tertiary/aromatic N) is 3. The molecule has 0 aliphatic heterocycles. The zero-order valence-corrected chi connectivity index (χ0v) is 26.3. The van der Waals surface area contributed by atoms with Gasteiger partial charge in [-0.1, -0.05) is 41.4 Å². The van der Waals surface area contributed by atoms with Crippen molar-refractivity contribution >= 4 is 50.5 Å². The predicted octanol–water partition coefficient (Wildman–Crippen LogP) is 7.68. The Bertz CT molecular complexity index is 1830. The summed E-state index contributed by atoms with van der Waals surface area (Å²) in [7, 11) is -2.96. The third kappa shape index (κ3) is 7.70. The first kappa shape index (κ1) is 33.6. The van der Waals surface area contributed by atoms with Crippen molar-refractivity contribution in [3.05, 3.63) is 128 Å². The number of hydrogen-bond donors (Lipinski definition) is 0. The Morgan fingerprint density at radius 2 is 1.64 bits per heavy atom. The third-order valence-corrected chi connectivity index (χ3v) is 9.25. The fourth-order valence-electron chi connectivity index (χ4n) is 4.63. The lowest BCUT2D eigenvalue weighted by atomic mass is 10.1. The van der Waals surface area contributed by atoms with Crippen LogP contribution in [0.25, 0.3) is 0 Å². The number of amides is 1. The van der Waals surface area contributed by atoms with Crippen LogP contribution in [0.1, 0.15) is 35.3 Å². The summed E-state index contributed by atoms with van der Waals surface area (Å²) in [6.07, 6.45) is 0.303. The number of benzene rings is 4. The molecule has 14 heteroatoms. The standard InChI is InChI=1S/C31H27Cl2F2N3O6S/c1-20(37(29-19-23(34)11-15-27(29)35)45(42,43)24-12-8-21(32)9-13-24)25-6-3-4-7-30(25)44-17-5-16-36(2)31(39)26-14-10-22(33)18-28(26)38(40)41/h3-4,6-15,18-20H,5,16-17H2,1-2H3. The lowest BCUT2D eigenvalue weighted by Crippen LogP contribution is -2.34. The van der Waals surface area contributed by atoms with E-state index in [4.69, 9.17) is 27.9 Å². The highest BCUT2D eigenvalue weighted by Gasteiger charge is 2.34. The normalized spacial score (nSPS) is 12.0. The Morgan fingerprint density at radius 1 is 0.978 bits per heavy atom. The molecule has 4 aromatic carbocycles. The van der Waals surface area contributed by atoms with Crippen LogP contribution in [0.2, 0.25) is 10.0 Å². The van der Waals surface area contributed by atoms with Gasteiger partial charge in [0.05, 0.1) is 28.2 Å². The number of sulfonamides is 1. The van der Waals surface area contributed by atoms with E-state index in [1.54, 1.807) is 24.3 Å². The number of nitro groups is 1. The summed E-state index contributed by atoms with van der Waals surface area (Å²) in [6.45, 7) is 1.76. The highest BCUT2D eigenvalue weighted by molar-refractivity contribution is 7.92. The van der Waals surface area contributed by atoms with Gasteiger partial charge in [-0.05, 0) is 67.9 Å². The molecule has 0 aromatic heterocycles. The molecule has 45 heavy (non-hydrogen) atoms. The molecule has 9 nitrogen and oxygen atoms in total. The van der Waals surface area contributed by atoms with E-state index in [0.29, 0.717) is 17.0 Å². The molecule has 4 aromatic rings. The van der Waals surface area contributed by atoms with E-state index in [0.717, 1.165) is 28.6 Å². The molecule has 0 saturated carbocycles. The highest BCUT2D eigenvalue weighted by atomic mass is 35.5. The minimum absolute atomic E-state index is 0.0718. The largest absolute Gasteiger partial charge is 0.493 e. The van der Waals surface area contributed by atoms with Gasteiger partial charge in [0.2, 0.25) is 0 Å². The predicted molar refractivity (Wildman–Crippen MR) is 168 cm³/mol. The van der Waals surface area contributed by atoms with Crippen LogP contribution in [0.15, 0.2) is 89.8 Å². The zero-order valence-electron chi connectivity index (χ0n) is 24.0. The summed E-state index contributed by atoms with van der Waals surface area (Å²) in [6, 6.07) is 17.1. The number of carbonyl (C=O) groups excluding carboxylic acids is 1. The lowest BCUT2D eigenvalue weighted by molar-refractivity contribution is -0.385. The molecular formula is C31H27Cl2F2N3O6S. The molecule has 4 rings (SSSR count). The van der Waals surface area contributed by atoms with Crippen LogP contribution in [0.3, 0.4) is 0 Å². The van der Waals surface area contributed by atoms with E-state index in [1.165, 1.54) is 55.3 Å². The SMILES string of the molecule is CC(c1ccccc1OCCCN(C)C(=O)c1ccc(Cl)cc1[N+](=O)[O-])N(c1cc(F)ccc1F)S(=O)(=O)c1ccc(Cl)cc1. The Labute approximate surface area is 268 Å². The van der Waals surface area contributed by atoms with E-state index < -0.39 is 49.9 Å². The zero-order chi connectivity index (χ0) is 32.9. The van der Waals surface area contributed by atoms with Crippen molar-refractivity contribution in [2.24, 2.45) is 0 Å². The van der Waals surface area contributed by atoms with Crippen molar-refractivity contribution in [2.45, 2.75) is 24.3 Å². The molecule has 0 spiro atoms. The fraction of sp³-hybridized carbons (Fsp3) is 0.194. The number of rotatable bonds is 12. The second-order valence-electron chi connectivity index (χ2n) is 9.91. The van der Waals surface area contributed by atoms with Crippen molar-refractivity contribution in [3.63, 3.8) is 0 Å². The first-order chi connectivity index (χ1) is 21.3. The van der Waals surface area contributed by atoms with Crippen molar-refractivity contribution in [1.29, 1.82) is 0 Å². The summed E-state index contributed by atoms with van der Waals surface area (Å²) in [5.41, 5.74) is -0.659. The molecule has 1 unspecified atom stereocenters. The Kier molecular flexibility index (Phi) is 10.6. The molecule has 0 radical (unpaired) electrons. The average molecular weight is 679 g/mol. The van der Waals surface area contributed by atoms with Gasteiger partial charge in [-0.25, -0.2) is 17.2 Å².